The van der Waals surface area contributed by atoms with E-state index in [1.807, 2.05) is 0 Å². The number of nitrogens with one attached hydrogen (secondary N) is 1. The van der Waals surface area contributed by atoms with Gasteiger partial charge in [-0.05, 0) is 44.5 Å². The molecule has 0 atom stereocenters. The van der Waals surface area contributed by atoms with E-state index >= 15 is 0 Å². The van der Waals surface area contributed by atoms with Gasteiger partial charge in [0, 0.05) is 35.9 Å². The first-order valence-electron chi connectivity index (χ1n) is 6.96. The lowest BCUT2D eigenvalue weighted by atomic mass is 10.1. The van der Waals surface area contributed by atoms with Gasteiger partial charge in [-0.3, -0.25) is 0 Å². The van der Waals surface area contributed by atoms with Crippen molar-refractivity contribution >= 4 is 21.6 Å². The van der Waals surface area contributed by atoms with Gasteiger partial charge < -0.3 is 15.3 Å². The molecule has 19 heavy (non-hydrogen) atoms. The van der Waals surface area contributed by atoms with Crippen LogP contribution in [0.25, 0.3) is 0 Å². The highest BCUT2D eigenvalue weighted by atomic mass is 79.9. The molecule has 0 radical (unpaired) electrons. The zero-order valence-corrected chi connectivity index (χ0v) is 13.7. The van der Waals surface area contributed by atoms with Crippen molar-refractivity contribution < 1.29 is 5.11 Å². The van der Waals surface area contributed by atoms with Crippen LogP contribution in [-0.4, -0.2) is 30.8 Å². The van der Waals surface area contributed by atoms with Crippen LogP contribution >= 0.6 is 15.9 Å². The summed E-state index contributed by atoms with van der Waals surface area (Å²) in [4.78, 5) is 2.35. The fourth-order valence-corrected chi connectivity index (χ4v) is 2.46. The maximum absolute atomic E-state index is 9.06. The Balaban J connectivity index is 3.00. The van der Waals surface area contributed by atoms with Crippen molar-refractivity contribution in [2.75, 3.05) is 24.6 Å². The summed E-state index contributed by atoms with van der Waals surface area (Å²) in [5, 5.41) is 12.4. The Morgan fingerprint density at radius 2 is 2.11 bits per heavy atom. The first-order valence-corrected chi connectivity index (χ1v) is 7.76. The van der Waals surface area contributed by atoms with Crippen LogP contribution in [0.1, 0.15) is 32.8 Å². The molecule has 1 aromatic carbocycles. The molecule has 3 nitrogen and oxygen atoms in total. The second-order valence-electron chi connectivity index (χ2n) is 4.92. The summed E-state index contributed by atoms with van der Waals surface area (Å²) >= 11 is 3.55. The van der Waals surface area contributed by atoms with Crippen LogP contribution in [0.15, 0.2) is 22.7 Å². The minimum atomic E-state index is 0.236. The highest BCUT2D eigenvalue weighted by Crippen LogP contribution is 2.27. The summed E-state index contributed by atoms with van der Waals surface area (Å²) in [6.07, 6.45) is 0.797. The van der Waals surface area contributed by atoms with E-state index in [2.05, 4.69) is 65.1 Å². The second kappa shape index (κ2) is 8.56. The molecule has 0 bridgehead atoms. The Bertz CT molecular complexity index is 382. The monoisotopic (exact) mass is 328 g/mol. The summed E-state index contributed by atoms with van der Waals surface area (Å²) in [5.74, 6) is 0. The lowest BCUT2D eigenvalue weighted by Crippen LogP contribution is -2.33. The predicted octanol–water partition coefficient (Wildman–Crippen LogP) is 3.16. The SMILES string of the molecule is CCNCc1ccc(Br)cc1N(CCCO)C(C)C. The molecule has 0 aliphatic carbocycles. The molecule has 0 fully saturated rings. The molecule has 0 aliphatic heterocycles. The van der Waals surface area contributed by atoms with E-state index in [9.17, 15) is 0 Å². The molecule has 108 valence electrons. The Morgan fingerprint density at radius 3 is 2.68 bits per heavy atom. The van der Waals surface area contributed by atoms with Crippen molar-refractivity contribution in [2.45, 2.75) is 39.8 Å². The first kappa shape index (κ1) is 16.5. The molecule has 0 heterocycles. The summed E-state index contributed by atoms with van der Waals surface area (Å²) in [6, 6.07) is 6.84. The Labute approximate surface area is 125 Å². The number of hydrogen-bond acceptors (Lipinski definition) is 3. The second-order valence-corrected chi connectivity index (χ2v) is 5.83. The van der Waals surface area contributed by atoms with Crippen LogP contribution in [0.5, 0.6) is 0 Å². The average Bonchev–Trinajstić information content (AvgIpc) is 2.38. The molecular formula is C15H25BrN2O. The largest absolute Gasteiger partial charge is 0.396 e. The van der Waals surface area contributed by atoms with Gasteiger partial charge in [0.25, 0.3) is 0 Å². The van der Waals surface area contributed by atoms with Crippen molar-refractivity contribution in [3.8, 4) is 0 Å². The zero-order valence-electron chi connectivity index (χ0n) is 12.1. The Kier molecular flexibility index (Phi) is 7.42. The van der Waals surface area contributed by atoms with Crippen molar-refractivity contribution in [1.82, 2.24) is 5.32 Å². The molecule has 2 N–H and O–H groups in total. The molecule has 0 saturated carbocycles. The van der Waals surface area contributed by atoms with Crippen LogP contribution in [0, 0.1) is 0 Å². The summed E-state index contributed by atoms with van der Waals surface area (Å²) < 4.78 is 1.09. The van der Waals surface area contributed by atoms with Gasteiger partial charge in [0.15, 0.2) is 0 Å². The van der Waals surface area contributed by atoms with Gasteiger partial charge in [-0.2, -0.15) is 0 Å². The fraction of sp³-hybridized carbons (Fsp3) is 0.600. The van der Waals surface area contributed by atoms with Crippen LogP contribution in [-0.2, 0) is 6.54 Å². The molecule has 0 spiro atoms. The van der Waals surface area contributed by atoms with Crippen molar-refractivity contribution in [2.24, 2.45) is 0 Å². The van der Waals surface area contributed by atoms with Gasteiger partial charge in [0.2, 0.25) is 0 Å². The molecule has 0 unspecified atom stereocenters. The maximum Gasteiger partial charge on any atom is 0.0447 e. The number of benzene rings is 1. The number of hydrogen-bond donors (Lipinski definition) is 2. The van der Waals surface area contributed by atoms with E-state index in [0.29, 0.717) is 6.04 Å². The lowest BCUT2D eigenvalue weighted by Gasteiger charge is -2.31. The molecule has 0 aliphatic rings. The first-order chi connectivity index (χ1) is 9.10. The topological polar surface area (TPSA) is 35.5 Å². The van der Waals surface area contributed by atoms with Gasteiger partial charge in [-0.1, -0.05) is 28.9 Å². The normalized spacial score (nSPS) is 11.1. The molecule has 0 amide bonds. The van der Waals surface area contributed by atoms with Crippen LogP contribution in [0.2, 0.25) is 0 Å². The number of halogens is 1. The van der Waals surface area contributed by atoms with E-state index in [1.54, 1.807) is 0 Å². The number of aliphatic hydroxyl groups is 1. The summed E-state index contributed by atoms with van der Waals surface area (Å²) in [5.41, 5.74) is 2.55. The standard InChI is InChI=1S/C15H25BrN2O/c1-4-17-11-13-6-7-14(16)10-15(13)18(12(2)3)8-5-9-19/h6-7,10,12,17,19H,4-5,8-9,11H2,1-3H3. The fourth-order valence-electron chi connectivity index (χ4n) is 2.11. The third kappa shape index (κ3) is 5.13. The Hall–Kier alpha value is -0.580. The van der Waals surface area contributed by atoms with Gasteiger partial charge in [0.1, 0.15) is 0 Å². The molecule has 4 heteroatoms. The maximum atomic E-state index is 9.06. The van der Waals surface area contributed by atoms with E-state index in [4.69, 9.17) is 5.11 Å². The Morgan fingerprint density at radius 1 is 1.37 bits per heavy atom. The third-order valence-electron chi connectivity index (χ3n) is 3.10. The van der Waals surface area contributed by atoms with Gasteiger partial charge in [-0.25, -0.2) is 0 Å². The summed E-state index contributed by atoms with van der Waals surface area (Å²) in [6.45, 7) is 9.45. The molecule has 0 aromatic heterocycles. The van der Waals surface area contributed by atoms with Crippen LogP contribution in [0.4, 0.5) is 5.69 Å². The van der Waals surface area contributed by atoms with Crippen molar-refractivity contribution in [3.63, 3.8) is 0 Å². The lowest BCUT2D eigenvalue weighted by molar-refractivity contribution is 0.288. The van der Waals surface area contributed by atoms with Crippen LogP contribution in [0.3, 0.4) is 0 Å². The van der Waals surface area contributed by atoms with Crippen molar-refractivity contribution in [3.05, 3.63) is 28.2 Å². The van der Waals surface area contributed by atoms with E-state index < -0.39 is 0 Å². The van der Waals surface area contributed by atoms with E-state index in [-0.39, 0.29) is 6.61 Å². The third-order valence-corrected chi connectivity index (χ3v) is 3.60. The predicted molar refractivity (Wildman–Crippen MR) is 85.7 cm³/mol. The minimum absolute atomic E-state index is 0.236. The number of rotatable bonds is 8. The minimum Gasteiger partial charge on any atom is -0.396 e. The van der Waals surface area contributed by atoms with Gasteiger partial charge in [-0.15, -0.1) is 0 Å². The highest BCUT2D eigenvalue weighted by molar-refractivity contribution is 9.10. The molecule has 0 saturated heterocycles. The van der Waals surface area contributed by atoms with Crippen LogP contribution < -0.4 is 10.2 Å². The molecule has 1 aromatic rings. The van der Waals surface area contributed by atoms with Crippen molar-refractivity contribution in [1.29, 1.82) is 0 Å². The molecular weight excluding hydrogens is 304 g/mol. The average molecular weight is 329 g/mol. The smallest absolute Gasteiger partial charge is 0.0447 e. The van der Waals surface area contributed by atoms with Gasteiger partial charge >= 0.3 is 0 Å². The highest BCUT2D eigenvalue weighted by Gasteiger charge is 2.14. The number of anilines is 1. The van der Waals surface area contributed by atoms with E-state index in [0.717, 1.165) is 30.5 Å². The van der Waals surface area contributed by atoms with Gasteiger partial charge in [0.05, 0.1) is 0 Å². The van der Waals surface area contributed by atoms with E-state index in [1.165, 1.54) is 11.3 Å². The quantitative estimate of drug-likeness (QED) is 0.769. The number of aliphatic hydroxyl groups excluding tert-OH is 1. The summed E-state index contributed by atoms with van der Waals surface area (Å²) in [7, 11) is 0. The number of nitrogens with zero attached hydrogens (tertiary/aromatic N) is 1. The zero-order chi connectivity index (χ0) is 14.3. The molecule has 1 rings (SSSR count).